The molecule has 0 heterocycles. The lowest BCUT2D eigenvalue weighted by Crippen LogP contribution is -2.04. The van der Waals surface area contributed by atoms with Gasteiger partial charge in [0, 0.05) is 11.0 Å². The number of rotatable bonds is 3. The van der Waals surface area contributed by atoms with Gasteiger partial charge in [0.2, 0.25) is 0 Å². The van der Waals surface area contributed by atoms with Crippen LogP contribution in [-0.2, 0) is 0 Å². The molecule has 2 nitrogen and oxygen atoms in total. The molecule has 1 N–H and O–H groups in total. The largest absolute Gasteiger partial charge is 0.481 e. The molecule has 1 aromatic carbocycles. The molecule has 0 saturated carbocycles. The first-order valence-corrected chi connectivity index (χ1v) is 5.90. The average molecular weight is 250 g/mol. The Hall–Kier alpha value is -1.53. The number of aliphatic hydroxyl groups excluding tert-OH is 1. The molecule has 18 heavy (non-hydrogen) atoms. The van der Waals surface area contributed by atoms with Gasteiger partial charge in [-0.1, -0.05) is 11.8 Å². The van der Waals surface area contributed by atoms with E-state index in [1.54, 1.807) is 6.92 Å². The molecular weight excluding hydrogens is 231 g/mol. The van der Waals surface area contributed by atoms with E-state index in [-0.39, 0.29) is 17.8 Å². The van der Waals surface area contributed by atoms with Crippen molar-refractivity contribution in [2.24, 2.45) is 5.41 Å². The second-order valence-corrected chi connectivity index (χ2v) is 5.20. The van der Waals surface area contributed by atoms with Gasteiger partial charge >= 0.3 is 0 Å². The van der Waals surface area contributed by atoms with E-state index in [0.29, 0.717) is 11.3 Å². The molecule has 0 fully saturated rings. The van der Waals surface area contributed by atoms with Crippen LogP contribution in [0.1, 0.15) is 39.4 Å². The maximum absolute atomic E-state index is 13.1. The van der Waals surface area contributed by atoms with Gasteiger partial charge in [0.1, 0.15) is 18.2 Å². The molecule has 0 aliphatic carbocycles. The maximum atomic E-state index is 13.1. The predicted molar refractivity (Wildman–Crippen MR) is 69.8 cm³/mol. The highest BCUT2D eigenvalue weighted by molar-refractivity contribution is 5.35. The fraction of sp³-hybridized carbons (Fsp3) is 0.467. The van der Waals surface area contributed by atoms with Crippen LogP contribution < -0.4 is 4.74 Å². The molecular formula is C15H19FO2. The Bertz CT molecular complexity index is 462. The van der Waals surface area contributed by atoms with Crippen LogP contribution in [0.5, 0.6) is 5.75 Å². The summed E-state index contributed by atoms with van der Waals surface area (Å²) in [7, 11) is 0. The van der Waals surface area contributed by atoms with Crippen LogP contribution in [-0.4, -0.2) is 11.7 Å². The third kappa shape index (κ3) is 4.77. The first-order chi connectivity index (χ1) is 8.29. The lowest BCUT2D eigenvalue weighted by molar-refractivity contribution is 0.192. The molecule has 1 aromatic rings. The number of hydrogen-bond acceptors (Lipinski definition) is 2. The van der Waals surface area contributed by atoms with Crippen LogP contribution in [0.3, 0.4) is 0 Å². The quantitative estimate of drug-likeness (QED) is 0.834. The topological polar surface area (TPSA) is 29.5 Å². The summed E-state index contributed by atoms with van der Waals surface area (Å²) >= 11 is 0. The van der Waals surface area contributed by atoms with Crippen molar-refractivity contribution in [3.8, 4) is 17.6 Å². The standard InChI is InChI=1S/C15H19FO2/c1-11(17)13-10-12(16)6-7-14(13)18-9-5-8-15(2,3)4/h6-7,10-11,17H,9H2,1-4H3/t11-/m0/s1. The summed E-state index contributed by atoms with van der Waals surface area (Å²) in [5.41, 5.74) is 0.367. The second-order valence-electron chi connectivity index (χ2n) is 5.20. The molecule has 1 atom stereocenters. The predicted octanol–water partition coefficient (Wildman–Crippen LogP) is 3.31. The van der Waals surface area contributed by atoms with E-state index in [4.69, 9.17) is 4.74 Å². The van der Waals surface area contributed by atoms with Crippen molar-refractivity contribution in [2.45, 2.75) is 33.8 Å². The van der Waals surface area contributed by atoms with Crippen molar-refractivity contribution >= 4 is 0 Å². The SMILES string of the molecule is C[C@H](O)c1cc(F)ccc1OCC#CC(C)(C)C. The van der Waals surface area contributed by atoms with E-state index in [9.17, 15) is 9.50 Å². The van der Waals surface area contributed by atoms with E-state index in [1.807, 2.05) is 20.8 Å². The molecule has 0 saturated heterocycles. The molecule has 3 heteroatoms. The fourth-order valence-corrected chi connectivity index (χ4v) is 1.39. The van der Waals surface area contributed by atoms with Crippen LogP contribution in [0.15, 0.2) is 18.2 Å². The van der Waals surface area contributed by atoms with Crippen molar-refractivity contribution in [3.63, 3.8) is 0 Å². The summed E-state index contributed by atoms with van der Waals surface area (Å²) in [6, 6.07) is 4.09. The van der Waals surface area contributed by atoms with Crippen molar-refractivity contribution in [1.82, 2.24) is 0 Å². The zero-order valence-electron chi connectivity index (χ0n) is 11.2. The highest BCUT2D eigenvalue weighted by atomic mass is 19.1. The highest BCUT2D eigenvalue weighted by Crippen LogP contribution is 2.25. The number of hydrogen-bond donors (Lipinski definition) is 1. The van der Waals surface area contributed by atoms with Gasteiger partial charge in [-0.2, -0.15) is 0 Å². The number of benzene rings is 1. The molecule has 0 aliphatic rings. The zero-order valence-corrected chi connectivity index (χ0v) is 11.2. The van der Waals surface area contributed by atoms with Crippen LogP contribution in [0, 0.1) is 23.1 Å². The van der Waals surface area contributed by atoms with E-state index < -0.39 is 6.10 Å². The minimum absolute atomic E-state index is 0.0702. The molecule has 98 valence electrons. The Balaban J connectivity index is 2.75. The summed E-state index contributed by atoms with van der Waals surface area (Å²) in [4.78, 5) is 0. The summed E-state index contributed by atoms with van der Waals surface area (Å²) in [6.45, 7) is 7.84. The van der Waals surface area contributed by atoms with Crippen LogP contribution >= 0.6 is 0 Å². The van der Waals surface area contributed by atoms with Crippen LogP contribution in [0.25, 0.3) is 0 Å². The lowest BCUT2D eigenvalue weighted by atomic mass is 9.98. The molecule has 0 spiro atoms. The number of aliphatic hydroxyl groups is 1. The minimum atomic E-state index is -0.772. The number of halogens is 1. The Morgan fingerprint density at radius 1 is 1.39 bits per heavy atom. The average Bonchev–Trinajstić information content (AvgIpc) is 2.24. The normalized spacial score (nSPS) is 12.6. The Morgan fingerprint density at radius 2 is 2.06 bits per heavy atom. The van der Waals surface area contributed by atoms with E-state index in [0.717, 1.165) is 0 Å². The fourth-order valence-electron chi connectivity index (χ4n) is 1.39. The summed E-state index contributed by atoms with van der Waals surface area (Å²) in [5, 5.41) is 9.53. The Kier molecular flexibility index (Phi) is 4.75. The number of ether oxygens (including phenoxy) is 1. The van der Waals surface area contributed by atoms with Gasteiger partial charge < -0.3 is 9.84 Å². The summed E-state index contributed by atoms with van der Waals surface area (Å²) in [6.07, 6.45) is -0.772. The minimum Gasteiger partial charge on any atom is -0.481 e. The van der Waals surface area contributed by atoms with Crippen molar-refractivity contribution in [1.29, 1.82) is 0 Å². The monoisotopic (exact) mass is 250 g/mol. The summed E-state index contributed by atoms with van der Waals surface area (Å²) in [5.74, 6) is 6.03. The van der Waals surface area contributed by atoms with Gasteiger partial charge in [-0.25, -0.2) is 4.39 Å². The Morgan fingerprint density at radius 3 is 2.61 bits per heavy atom. The van der Waals surface area contributed by atoms with E-state index in [1.165, 1.54) is 18.2 Å². The molecule has 0 radical (unpaired) electrons. The van der Waals surface area contributed by atoms with Gasteiger partial charge in [-0.15, -0.1) is 0 Å². The smallest absolute Gasteiger partial charge is 0.149 e. The second kappa shape index (κ2) is 5.88. The lowest BCUT2D eigenvalue weighted by Gasteiger charge is -2.12. The first-order valence-electron chi connectivity index (χ1n) is 5.90. The third-order valence-electron chi connectivity index (χ3n) is 2.19. The summed E-state index contributed by atoms with van der Waals surface area (Å²) < 4.78 is 18.5. The van der Waals surface area contributed by atoms with Crippen molar-refractivity contribution in [2.75, 3.05) is 6.61 Å². The Labute approximate surface area is 108 Å². The van der Waals surface area contributed by atoms with Gasteiger partial charge in [-0.3, -0.25) is 0 Å². The van der Waals surface area contributed by atoms with E-state index in [2.05, 4.69) is 11.8 Å². The zero-order chi connectivity index (χ0) is 13.8. The van der Waals surface area contributed by atoms with Gasteiger partial charge in [0.05, 0.1) is 6.10 Å². The van der Waals surface area contributed by atoms with Crippen LogP contribution in [0.2, 0.25) is 0 Å². The van der Waals surface area contributed by atoms with Crippen molar-refractivity contribution < 1.29 is 14.2 Å². The van der Waals surface area contributed by atoms with Gasteiger partial charge in [0.15, 0.2) is 0 Å². The van der Waals surface area contributed by atoms with Gasteiger partial charge in [-0.05, 0) is 45.9 Å². The highest BCUT2D eigenvalue weighted by Gasteiger charge is 2.10. The molecule has 0 amide bonds. The molecule has 0 unspecified atom stereocenters. The molecule has 0 aromatic heterocycles. The van der Waals surface area contributed by atoms with Crippen molar-refractivity contribution in [3.05, 3.63) is 29.6 Å². The first kappa shape index (κ1) is 14.5. The molecule has 1 rings (SSSR count). The molecule has 0 bridgehead atoms. The maximum Gasteiger partial charge on any atom is 0.149 e. The van der Waals surface area contributed by atoms with Crippen LogP contribution in [0.4, 0.5) is 4.39 Å². The van der Waals surface area contributed by atoms with Gasteiger partial charge in [0.25, 0.3) is 0 Å². The molecule has 0 aliphatic heterocycles. The third-order valence-corrected chi connectivity index (χ3v) is 2.19. The van der Waals surface area contributed by atoms with E-state index >= 15 is 0 Å².